The van der Waals surface area contributed by atoms with Gasteiger partial charge in [0.1, 0.15) is 17.0 Å². The van der Waals surface area contributed by atoms with Gasteiger partial charge >= 0.3 is 12.1 Å². The summed E-state index contributed by atoms with van der Waals surface area (Å²) >= 11 is 0. The van der Waals surface area contributed by atoms with Gasteiger partial charge in [0.05, 0.1) is 16.6 Å². The Balaban J connectivity index is 0.000000318. The van der Waals surface area contributed by atoms with Crippen LogP contribution in [0.1, 0.15) is 17.5 Å². The van der Waals surface area contributed by atoms with Crippen LogP contribution >= 0.6 is 0 Å². The number of nitrogens with zero attached hydrogens (tertiary/aromatic N) is 2. The Bertz CT molecular complexity index is 1200. The number of nitrogens with one attached hydrogen (secondary N) is 1. The van der Waals surface area contributed by atoms with E-state index in [-0.39, 0.29) is 5.83 Å². The number of rotatable bonds is 1. The Labute approximate surface area is 168 Å². The van der Waals surface area contributed by atoms with E-state index in [2.05, 4.69) is 36.0 Å². The van der Waals surface area contributed by atoms with E-state index in [4.69, 9.17) is 14.9 Å². The summed E-state index contributed by atoms with van der Waals surface area (Å²) in [4.78, 5) is 21.3. The van der Waals surface area contributed by atoms with Gasteiger partial charge in [-0.15, -0.1) is 0 Å². The molecule has 1 aliphatic carbocycles. The average Bonchev–Trinajstić information content (AvgIpc) is 2.96. The molecule has 2 aliphatic rings. The molecule has 4 rings (SSSR count). The minimum absolute atomic E-state index is 0.254. The second kappa shape index (κ2) is 8.10. The molecule has 30 heavy (non-hydrogen) atoms. The van der Waals surface area contributed by atoms with Crippen LogP contribution in [0, 0.1) is 13.8 Å². The summed E-state index contributed by atoms with van der Waals surface area (Å²) in [7, 11) is 0. The van der Waals surface area contributed by atoms with Crippen molar-refractivity contribution in [3.8, 4) is 11.4 Å². The topological polar surface area (TPSA) is 78.3 Å². The first-order valence-electron chi connectivity index (χ1n) is 8.87. The van der Waals surface area contributed by atoms with Crippen LogP contribution in [0.3, 0.4) is 0 Å². The molecule has 0 saturated carbocycles. The van der Waals surface area contributed by atoms with Crippen LogP contribution in [0.4, 0.5) is 17.6 Å². The summed E-state index contributed by atoms with van der Waals surface area (Å²) in [5.41, 5.74) is 4.48. The number of hydrogen-bond acceptors (Lipinski definition) is 3. The summed E-state index contributed by atoms with van der Waals surface area (Å²) in [6.45, 7) is 4.11. The quantitative estimate of drug-likeness (QED) is 0.695. The summed E-state index contributed by atoms with van der Waals surface area (Å²) in [5, 5.41) is 8.54. The third-order valence-electron chi connectivity index (χ3n) is 4.49. The van der Waals surface area contributed by atoms with E-state index < -0.39 is 12.1 Å². The summed E-state index contributed by atoms with van der Waals surface area (Å²) in [5.74, 6) is -2.24. The summed E-state index contributed by atoms with van der Waals surface area (Å²) < 4.78 is 46.1. The summed E-state index contributed by atoms with van der Waals surface area (Å²) in [6, 6.07) is 6.14. The Morgan fingerprint density at radius 3 is 2.40 bits per heavy atom. The molecule has 0 amide bonds. The molecule has 0 saturated heterocycles. The van der Waals surface area contributed by atoms with E-state index in [0.717, 1.165) is 27.9 Å². The fraction of sp³-hybridized carbons (Fsp3) is 0.190. The number of aromatic amines is 1. The van der Waals surface area contributed by atoms with E-state index in [9.17, 15) is 17.6 Å². The lowest BCUT2D eigenvalue weighted by molar-refractivity contribution is -0.192. The third kappa shape index (κ3) is 4.24. The Kier molecular flexibility index (Phi) is 5.73. The molecule has 9 heteroatoms. The largest absolute Gasteiger partial charge is 0.490 e. The van der Waals surface area contributed by atoms with Crippen molar-refractivity contribution in [1.29, 1.82) is 0 Å². The monoisotopic (exact) mass is 419 g/mol. The highest BCUT2D eigenvalue weighted by Crippen LogP contribution is 2.28. The zero-order valence-electron chi connectivity index (χ0n) is 16.0. The first-order chi connectivity index (χ1) is 14.1. The molecular formula is C21H17F4N3O2. The number of allylic oxidation sites excluding steroid dienone is 3. The Morgan fingerprint density at radius 2 is 1.80 bits per heavy atom. The van der Waals surface area contributed by atoms with Crippen molar-refractivity contribution in [2.24, 2.45) is 4.99 Å². The van der Waals surface area contributed by atoms with Gasteiger partial charge in [-0.3, -0.25) is 4.99 Å². The van der Waals surface area contributed by atoms with Gasteiger partial charge in [-0.2, -0.15) is 13.2 Å². The Hall–Kier alpha value is -3.49. The molecule has 0 unspecified atom stereocenters. The molecule has 1 aromatic heterocycles. The van der Waals surface area contributed by atoms with Crippen molar-refractivity contribution >= 4 is 23.8 Å². The number of halogens is 4. The van der Waals surface area contributed by atoms with Crippen molar-refractivity contribution in [3.63, 3.8) is 0 Å². The molecule has 2 heterocycles. The molecule has 0 spiro atoms. The molecule has 0 atom stereocenters. The van der Waals surface area contributed by atoms with Gasteiger partial charge in [-0.1, -0.05) is 24.3 Å². The maximum Gasteiger partial charge on any atom is 0.490 e. The molecule has 2 aromatic rings. The minimum Gasteiger partial charge on any atom is -0.475 e. The maximum absolute atomic E-state index is 14.4. The molecule has 5 nitrogen and oxygen atoms in total. The predicted molar refractivity (Wildman–Crippen MR) is 105 cm³/mol. The van der Waals surface area contributed by atoms with Crippen LogP contribution in [-0.2, 0) is 4.79 Å². The highest BCUT2D eigenvalue weighted by Gasteiger charge is 2.38. The maximum atomic E-state index is 14.4. The molecule has 1 aromatic carbocycles. The second-order valence-electron chi connectivity index (χ2n) is 6.61. The third-order valence-corrected chi connectivity index (χ3v) is 4.49. The molecule has 1 aliphatic heterocycles. The van der Waals surface area contributed by atoms with Crippen molar-refractivity contribution in [2.75, 3.05) is 0 Å². The van der Waals surface area contributed by atoms with Gasteiger partial charge in [-0.25, -0.2) is 14.2 Å². The lowest BCUT2D eigenvalue weighted by Crippen LogP contribution is -2.27. The molecule has 156 valence electrons. The number of aryl methyl sites for hydroxylation is 2. The zero-order chi connectivity index (χ0) is 22.1. The van der Waals surface area contributed by atoms with Crippen molar-refractivity contribution < 1.29 is 27.5 Å². The molecule has 2 N–H and O–H groups in total. The normalized spacial score (nSPS) is 14.9. The number of hydrogen-bond donors (Lipinski definition) is 2. The van der Waals surface area contributed by atoms with Crippen molar-refractivity contribution in [3.05, 3.63) is 63.7 Å². The van der Waals surface area contributed by atoms with E-state index in [1.54, 1.807) is 12.3 Å². The number of aliphatic carboxylic acids is 1. The van der Waals surface area contributed by atoms with Crippen LogP contribution in [0.25, 0.3) is 23.0 Å². The number of aliphatic imine (C=N–C) groups is 1. The van der Waals surface area contributed by atoms with Crippen LogP contribution in [0.2, 0.25) is 0 Å². The lowest BCUT2D eigenvalue weighted by atomic mass is 10.0. The smallest absolute Gasteiger partial charge is 0.475 e. The first kappa shape index (κ1) is 21.2. The highest BCUT2D eigenvalue weighted by molar-refractivity contribution is 5.95. The standard InChI is InChI=1S/C19H16FN3.C2HF3O2/c1-11-5-3-6-12(2)16(11)19-22-15-9-10-21-14-8-4-7-13(20)17(14)18(15)23-19;3-2(4,5)1(6)7/h3,5-10H,4H2,1-2H3,(H,22,23);(H,6,7). The van der Waals surface area contributed by atoms with E-state index in [1.807, 2.05) is 18.2 Å². The molecule has 0 bridgehead atoms. The van der Waals surface area contributed by atoms with Gasteiger partial charge in [0, 0.05) is 11.8 Å². The van der Waals surface area contributed by atoms with Gasteiger partial charge in [0.2, 0.25) is 0 Å². The number of carboxylic acids is 1. The fourth-order valence-electron chi connectivity index (χ4n) is 3.15. The van der Waals surface area contributed by atoms with Gasteiger partial charge < -0.3 is 10.1 Å². The second-order valence-corrected chi connectivity index (χ2v) is 6.61. The number of H-pyrrole nitrogens is 1. The average molecular weight is 419 g/mol. The van der Waals surface area contributed by atoms with Gasteiger partial charge in [0.25, 0.3) is 0 Å². The van der Waals surface area contributed by atoms with E-state index in [0.29, 0.717) is 23.0 Å². The SMILES string of the molecule is Cc1cccc(C)c1-c1nc2c([nH]1)=CC=NC1=CCC=C(F)C=21.O=C(O)C(F)(F)F. The number of fused-ring (bicyclic) bond motifs is 2. The van der Waals surface area contributed by atoms with Crippen molar-refractivity contribution in [2.45, 2.75) is 26.4 Å². The highest BCUT2D eigenvalue weighted by atomic mass is 19.4. The lowest BCUT2D eigenvalue weighted by Gasteiger charge is -2.08. The number of aromatic nitrogens is 2. The number of imidazole rings is 1. The number of alkyl halides is 3. The minimum atomic E-state index is -5.08. The number of carboxylic acid groups (broad SMARTS) is 1. The zero-order valence-corrected chi connectivity index (χ0v) is 16.0. The van der Waals surface area contributed by atoms with Gasteiger partial charge in [0.15, 0.2) is 0 Å². The molecule has 0 radical (unpaired) electrons. The van der Waals surface area contributed by atoms with Crippen LogP contribution in [0.15, 0.2) is 46.9 Å². The predicted octanol–water partition coefficient (Wildman–Crippen LogP) is 3.48. The van der Waals surface area contributed by atoms with Crippen LogP contribution in [-0.4, -0.2) is 33.4 Å². The fourth-order valence-corrected chi connectivity index (χ4v) is 3.15. The van der Waals surface area contributed by atoms with Gasteiger partial charge in [-0.05, 0) is 43.5 Å². The Morgan fingerprint density at radius 1 is 1.17 bits per heavy atom. The van der Waals surface area contributed by atoms with Crippen molar-refractivity contribution in [1.82, 2.24) is 9.97 Å². The molecular weight excluding hydrogens is 402 g/mol. The van der Waals surface area contributed by atoms with Crippen LogP contribution in [0.5, 0.6) is 0 Å². The van der Waals surface area contributed by atoms with Crippen LogP contribution < -0.4 is 10.7 Å². The molecule has 0 fully saturated rings. The number of carbonyl (C=O) groups is 1. The number of benzene rings is 1. The van der Waals surface area contributed by atoms with E-state index in [1.165, 1.54) is 0 Å². The summed E-state index contributed by atoms with van der Waals surface area (Å²) in [6.07, 6.45) is 2.51. The first-order valence-corrected chi connectivity index (χ1v) is 8.87. The van der Waals surface area contributed by atoms with E-state index >= 15 is 0 Å².